The third-order valence-corrected chi connectivity index (χ3v) is 4.98. The van der Waals surface area contributed by atoms with Crippen molar-refractivity contribution in [1.82, 2.24) is 5.32 Å². The fourth-order valence-corrected chi connectivity index (χ4v) is 3.55. The van der Waals surface area contributed by atoms with Crippen molar-refractivity contribution in [3.63, 3.8) is 0 Å². The molecule has 0 aliphatic carbocycles. The highest BCUT2D eigenvalue weighted by molar-refractivity contribution is 8.18. The third kappa shape index (κ3) is 5.35. The Kier molecular flexibility index (Phi) is 6.21. The van der Waals surface area contributed by atoms with E-state index in [9.17, 15) is 9.59 Å². The number of carbonyl (C=O) groups excluding carboxylic acids is 2. The van der Waals surface area contributed by atoms with Gasteiger partial charge in [-0.05, 0) is 47.7 Å². The van der Waals surface area contributed by atoms with Crippen LogP contribution in [0.1, 0.15) is 18.1 Å². The molecule has 1 aliphatic rings. The van der Waals surface area contributed by atoms with Crippen LogP contribution in [0.5, 0.6) is 5.75 Å². The summed E-state index contributed by atoms with van der Waals surface area (Å²) in [5, 5.41) is 3.93. The predicted octanol–water partition coefficient (Wildman–Crippen LogP) is 4.68. The molecule has 8 heteroatoms. The maximum atomic E-state index is 11.9. The molecule has 1 aliphatic heterocycles. The molecule has 0 fully saturated rings. The minimum atomic E-state index is -0.374. The molecule has 5 nitrogen and oxygen atoms in total. The van der Waals surface area contributed by atoms with Crippen molar-refractivity contribution in [3.05, 3.63) is 68.5 Å². The number of nitrogens with one attached hydrogen (secondary N) is 1. The second kappa shape index (κ2) is 8.61. The molecule has 0 saturated carbocycles. The summed E-state index contributed by atoms with van der Waals surface area (Å²) >= 11 is 13.1. The molecule has 2 aromatic rings. The first-order chi connectivity index (χ1) is 12.9. The molecule has 0 radical (unpaired) electrons. The lowest BCUT2D eigenvalue weighted by atomic mass is 10.2. The zero-order valence-corrected chi connectivity index (χ0v) is 16.5. The van der Waals surface area contributed by atoms with Crippen LogP contribution >= 0.6 is 35.0 Å². The molecule has 1 N–H and O–H groups in total. The van der Waals surface area contributed by atoms with E-state index in [1.807, 2.05) is 18.2 Å². The number of aliphatic imine (C=N–C) groups is 1. The average Bonchev–Trinajstić information content (AvgIpc) is 2.94. The zero-order valence-electron chi connectivity index (χ0n) is 14.2. The van der Waals surface area contributed by atoms with Gasteiger partial charge in [0.2, 0.25) is 5.91 Å². The topological polar surface area (TPSA) is 67.8 Å². The SMILES string of the molecule is CC(=O)NC1=NC(=O)C(=Cc2ccc(OCc3ccc(Cl)cc3Cl)cc2)S1. The molecule has 3 rings (SSSR count). The Bertz CT molecular complexity index is 956. The zero-order chi connectivity index (χ0) is 19.4. The number of nitrogens with zero attached hydrogens (tertiary/aromatic N) is 1. The minimum absolute atomic E-state index is 0.266. The van der Waals surface area contributed by atoms with Crippen LogP contribution in [0.4, 0.5) is 0 Å². The molecule has 2 aromatic carbocycles. The maximum Gasteiger partial charge on any atom is 0.286 e. The first kappa shape index (κ1) is 19.5. The van der Waals surface area contributed by atoms with E-state index in [0.29, 0.717) is 32.5 Å². The molecule has 27 heavy (non-hydrogen) atoms. The van der Waals surface area contributed by atoms with Crippen LogP contribution in [0.2, 0.25) is 10.0 Å². The number of amides is 2. The molecule has 0 bridgehead atoms. The number of halogens is 2. The van der Waals surface area contributed by atoms with Gasteiger partial charge in [-0.1, -0.05) is 41.4 Å². The first-order valence-corrected chi connectivity index (χ1v) is 9.45. The Balaban J connectivity index is 1.62. The van der Waals surface area contributed by atoms with Gasteiger partial charge in [-0.2, -0.15) is 4.99 Å². The smallest absolute Gasteiger partial charge is 0.286 e. The molecule has 0 saturated heterocycles. The number of carbonyl (C=O) groups is 2. The number of amidine groups is 1. The van der Waals surface area contributed by atoms with Gasteiger partial charge in [-0.3, -0.25) is 9.59 Å². The number of ether oxygens (including phenoxy) is 1. The Morgan fingerprint density at radius 2 is 1.96 bits per heavy atom. The summed E-state index contributed by atoms with van der Waals surface area (Å²) in [6.45, 7) is 1.68. The Morgan fingerprint density at radius 3 is 2.63 bits per heavy atom. The molecule has 1 heterocycles. The van der Waals surface area contributed by atoms with E-state index in [1.54, 1.807) is 30.3 Å². The number of hydrogen-bond acceptors (Lipinski definition) is 4. The van der Waals surface area contributed by atoms with E-state index < -0.39 is 0 Å². The summed E-state index contributed by atoms with van der Waals surface area (Å²) in [4.78, 5) is 27.2. The third-order valence-electron chi connectivity index (χ3n) is 3.49. The van der Waals surface area contributed by atoms with Crippen LogP contribution in [0.25, 0.3) is 6.08 Å². The number of hydrogen-bond donors (Lipinski definition) is 1. The lowest BCUT2D eigenvalue weighted by Crippen LogP contribution is -2.23. The van der Waals surface area contributed by atoms with Crippen LogP contribution in [0.3, 0.4) is 0 Å². The van der Waals surface area contributed by atoms with Crippen molar-refractivity contribution >= 4 is 58.0 Å². The van der Waals surface area contributed by atoms with Crippen LogP contribution in [0, 0.1) is 0 Å². The summed E-state index contributed by atoms with van der Waals surface area (Å²) < 4.78 is 5.73. The van der Waals surface area contributed by atoms with Gasteiger partial charge in [-0.25, -0.2) is 0 Å². The van der Waals surface area contributed by atoms with Gasteiger partial charge < -0.3 is 10.1 Å². The molecule has 0 spiro atoms. The van der Waals surface area contributed by atoms with Crippen molar-refractivity contribution in [2.75, 3.05) is 0 Å². The molecule has 2 amide bonds. The summed E-state index contributed by atoms with van der Waals surface area (Å²) in [5.74, 6) is 0.0304. The van der Waals surface area contributed by atoms with Gasteiger partial charge >= 0.3 is 0 Å². The largest absolute Gasteiger partial charge is 0.489 e. The lowest BCUT2D eigenvalue weighted by molar-refractivity contribution is -0.117. The van der Waals surface area contributed by atoms with E-state index >= 15 is 0 Å². The van der Waals surface area contributed by atoms with Crippen LogP contribution in [-0.4, -0.2) is 17.0 Å². The van der Waals surface area contributed by atoms with Gasteiger partial charge in [0.05, 0.1) is 4.91 Å². The van der Waals surface area contributed by atoms with E-state index in [1.165, 1.54) is 6.92 Å². The van der Waals surface area contributed by atoms with Crippen molar-refractivity contribution in [2.24, 2.45) is 4.99 Å². The number of rotatable bonds is 4. The van der Waals surface area contributed by atoms with E-state index in [-0.39, 0.29) is 11.8 Å². The minimum Gasteiger partial charge on any atom is -0.489 e. The standard InChI is InChI=1S/C19H14Cl2N2O3S/c1-11(24)22-19-23-18(25)17(27-19)8-12-2-6-15(7-3-12)26-10-13-4-5-14(20)9-16(13)21/h2-9H,10H2,1H3,(H,22,23,24,25). The van der Waals surface area contributed by atoms with Crippen molar-refractivity contribution in [3.8, 4) is 5.75 Å². The van der Waals surface area contributed by atoms with Crippen molar-refractivity contribution in [2.45, 2.75) is 13.5 Å². The van der Waals surface area contributed by atoms with E-state index in [0.717, 1.165) is 22.9 Å². The van der Waals surface area contributed by atoms with Gasteiger partial charge in [0, 0.05) is 22.5 Å². The fraction of sp³-hybridized carbons (Fsp3) is 0.105. The van der Waals surface area contributed by atoms with Crippen LogP contribution in [0.15, 0.2) is 52.4 Å². The molecule has 0 atom stereocenters. The van der Waals surface area contributed by atoms with E-state index in [4.69, 9.17) is 27.9 Å². The van der Waals surface area contributed by atoms with Crippen LogP contribution < -0.4 is 10.1 Å². The Labute approximate surface area is 170 Å². The first-order valence-electron chi connectivity index (χ1n) is 7.87. The van der Waals surface area contributed by atoms with Gasteiger partial charge in [0.15, 0.2) is 5.17 Å². The van der Waals surface area contributed by atoms with Crippen molar-refractivity contribution in [1.29, 1.82) is 0 Å². The predicted molar refractivity (Wildman–Crippen MR) is 109 cm³/mol. The van der Waals surface area contributed by atoms with Crippen molar-refractivity contribution < 1.29 is 14.3 Å². The Hall–Kier alpha value is -2.28. The summed E-state index contributed by atoms with van der Waals surface area (Å²) in [7, 11) is 0. The molecule has 138 valence electrons. The van der Waals surface area contributed by atoms with Gasteiger partial charge in [0.25, 0.3) is 5.91 Å². The summed E-state index contributed by atoms with van der Waals surface area (Å²) in [6.07, 6.45) is 1.71. The second-order valence-electron chi connectivity index (χ2n) is 5.61. The summed E-state index contributed by atoms with van der Waals surface area (Å²) in [6, 6.07) is 12.5. The monoisotopic (exact) mass is 420 g/mol. The highest BCUT2D eigenvalue weighted by Crippen LogP contribution is 2.28. The summed E-state index contributed by atoms with van der Waals surface area (Å²) in [5.41, 5.74) is 1.66. The number of benzene rings is 2. The number of thioether (sulfide) groups is 1. The normalized spacial score (nSPS) is 15.0. The average molecular weight is 421 g/mol. The maximum absolute atomic E-state index is 11.9. The molecule has 0 unspecified atom stereocenters. The quantitative estimate of drug-likeness (QED) is 0.729. The highest BCUT2D eigenvalue weighted by Gasteiger charge is 2.22. The molecular weight excluding hydrogens is 407 g/mol. The highest BCUT2D eigenvalue weighted by atomic mass is 35.5. The van der Waals surface area contributed by atoms with E-state index in [2.05, 4.69) is 10.3 Å². The second-order valence-corrected chi connectivity index (χ2v) is 7.48. The Morgan fingerprint density at radius 1 is 1.22 bits per heavy atom. The molecular formula is C19H14Cl2N2O3S. The molecule has 0 aromatic heterocycles. The van der Waals surface area contributed by atoms with Gasteiger partial charge in [-0.15, -0.1) is 0 Å². The fourth-order valence-electron chi connectivity index (χ4n) is 2.22. The van der Waals surface area contributed by atoms with Crippen LogP contribution in [-0.2, 0) is 16.2 Å². The lowest BCUT2D eigenvalue weighted by Gasteiger charge is -2.08. The van der Waals surface area contributed by atoms with Gasteiger partial charge in [0.1, 0.15) is 12.4 Å².